The van der Waals surface area contributed by atoms with Crippen LogP contribution < -0.4 is 0 Å². The van der Waals surface area contributed by atoms with Crippen LogP contribution in [-0.4, -0.2) is 39.4 Å². The van der Waals surface area contributed by atoms with E-state index in [1.54, 1.807) is 0 Å². The molecule has 0 amide bonds. The molecule has 0 unspecified atom stereocenters. The summed E-state index contributed by atoms with van der Waals surface area (Å²) in [5, 5.41) is 14.6. The van der Waals surface area contributed by atoms with Crippen molar-refractivity contribution in [1.29, 1.82) is 0 Å². The van der Waals surface area contributed by atoms with Gasteiger partial charge in [0.05, 0.1) is 17.8 Å². The van der Waals surface area contributed by atoms with E-state index >= 15 is 0 Å². The van der Waals surface area contributed by atoms with Gasteiger partial charge in [0.2, 0.25) is 0 Å². The van der Waals surface area contributed by atoms with Crippen LogP contribution >= 0.6 is 0 Å². The maximum Gasteiger partial charge on any atom is 0.131 e. The number of aliphatic hydroxyl groups excluding tert-OH is 1. The number of hydrogen-bond donors (Lipinski definition) is 1. The molecule has 0 spiro atoms. The number of likely N-dealkylation sites (tertiary alicyclic amines) is 1. The SMILES string of the molecule is Cc1cc(C)n(C2CN(C[C@@H](O)c3ccc(F)cc3F)C2)n1. The zero-order valence-electron chi connectivity index (χ0n) is 12.6. The van der Waals surface area contributed by atoms with Crippen LogP contribution in [0.3, 0.4) is 0 Å². The van der Waals surface area contributed by atoms with Crippen molar-refractivity contribution in [3.8, 4) is 0 Å². The topological polar surface area (TPSA) is 41.3 Å². The molecule has 1 aliphatic rings. The van der Waals surface area contributed by atoms with E-state index in [0.717, 1.165) is 36.6 Å². The minimum absolute atomic E-state index is 0.135. The number of β-amino-alcohol motifs (C(OH)–C–C–N with tert-alkyl or cyclic N) is 1. The first-order valence-corrected chi connectivity index (χ1v) is 7.32. The van der Waals surface area contributed by atoms with Crippen molar-refractivity contribution in [3.05, 3.63) is 52.9 Å². The van der Waals surface area contributed by atoms with Crippen LogP contribution in [0.2, 0.25) is 0 Å². The molecule has 0 bridgehead atoms. The first-order valence-electron chi connectivity index (χ1n) is 7.32. The fourth-order valence-electron chi connectivity index (χ4n) is 2.98. The molecule has 118 valence electrons. The van der Waals surface area contributed by atoms with Gasteiger partial charge < -0.3 is 5.11 Å². The maximum absolute atomic E-state index is 13.6. The molecule has 6 heteroatoms. The van der Waals surface area contributed by atoms with Crippen molar-refractivity contribution in [2.24, 2.45) is 0 Å². The highest BCUT2D eigenvalue weighted by Gasteiger charge is 2.31. The van der Waals surface area contributed by atoms with Gasteiger partial charge in [-0.1, -0.05) is 6.07 Å². The quantitative estimate of drug-likeness (QED) is 0.943. The lowest BCUT2D eigenvalue weighted by atomic mass is 10.0. The van der Waals surface area contributed by atoms with Crippen LogP contribution in [0.15, 0.2) is 24.3 Å². The molecule has 3 rings (SSSR count). The molecule has 2 heterocycles. The molecule has 1 saturated heterocycles. The molecular weight excluding hydrogens is 288 g/mol. The molecule has 0 aliphatic carbocycles. The van der Waals surface area contributed by atoms with Crippen molar-refractivity contribution in [1.82, 2.24) is 14.7 Å². The second kappa shape index (κ2) is 5.78. The van der Waals surface area contributed by atoms with Gasteiger partial charge in [0.1, 0.15) is 11.6 Å². The van der Waals surface area contributed by atoms with E-state index in [1.165, 1.54) is 6.07 Å². The van der Waals surface area contributed by atoms with E-state index in [9.17, 15) is 13.9 Å². The monoisotopic (exact) mass is 307 g/mol. The van der Waals surface area contributed by atoms with Gasteiger partial charge in [0.25, 0.3) is 0 Å². The van der Waals surface area contributed by atoms with Crippen LogP contribution in [-0.2, 0) is 0 Å². The minimum atomic E-state index is -0.956. The van der Waals surface area contributed by atoms with Crippen molar-refractivity contribution in [2.75, 3.05) is 19.6 Å². The zero-order chi connectivity index (χ0) is 15.9. The summed E-state index contributed by atoms with van der Waals surface area (Å²) in [6.45, 7) is 5.84. The summed E-state index contributed by atoms with van der Waals surface area (Å²) in [4.78, 5) is 2.04. The smallest absolute Gasteiger partial charge is 0.131 e. The fraction of sp³-hybridized carbons (Fsp3) is 0.438. The highest BCUT2D eigenvalue weighted by molar-refractivity contribution is 5.21. The van der Waals surface area contributed by atoms with Crippen molar-refractivity contribution in [3.63, 3.8) is 0 Å². The van der Waals surface area contributed by atoms with Gasteiger partial charge >= 0.3 is 0 Å². The Balaban J connectivity index is 1.58. The van der Waals surface area contributed by atoms with Crippen molar-refractivity contribution < 1.29 is 13.9 Å². The zero-order valence-corrected chi connectivity index (χ0v) is 12.6. The Bertz CT molecular complexity index is 680. The highest BCUT2D eigenvalue weighted by Crippen LogP contribution is 2.26. The summed E-state index contributed by atoms with van der Waals surface area (Å²) < 4.78 is 28.5. The maximum atomic E-state index is 13.6. The van der Waals surface area contributed by atoms with Crippen molar-refractivity contribution in [2.45, 2.75) is 26.0 Å². The lowest BCUT2D eigenvalue weighted by molar-refractivity contribution is 0.0380. The molecule has 22 heavy (non-hydrogen) atoms. The third kappa shape index (κ3) is 2.89. The standard InChI is InChI=1S/C16H19F2N3O/c1-10-5-11(2)21(19-10)13-7-20(8-13)9-16(22)14-4-3-12(17)6-15(14)18/h3-6,13,16,22H,7-9H2,1-2H3/t16-/m1/s1. The lowest BCUT2D eigenvalue weighted by Gasteiger charge is -2.40. The number of halogens is 2. The molecule has 1 aromatic heterocycles. The van der Waals surface area contributed by atoms with Gasteiger partial charge in [-0.2, -0.15) is 5.10 Å². The Kier molecular flexibility index (Phi) is 3.97. The first kappa shape index (κ1) is 15.1. The first-order chi connectivity index (χ1) is 10.4. The predicted octanol–water partition coefficient (Wildman–Crippen LogP) is 2.37. The molecule has 1 fully saturated rings. The molecule has 0 radical (unpaired) electrons. The van der Waals surface area contributed by atoms with Gasteiger partial charge in [-0.05, 0) is 26.0 Å². The number of aryl methyl sites for hydroxylation is 2. The Morgan fingerprint density at radius 1 is 1.27 bits per heavy atom. The second-order valence-corrected chi connectivity index (χ2v) is 5.93. The van der Waals surface area contributed by atoms with E-state index in [0.29, 0.717) is 12.6 Å². The van der Waals surface area contributed by atoms with Gasteiger partial charge in [0, 0.05) is 37.0 Å². The number of rotatable bonds is 4. The average Bonchev–Trinajstić information content (AvgIpc) is 2.71. The second-order valence-electron chi connectivity index (χ2n) is 5.93. The Hall–Kier alpha value is -1.79. The molecular formula is C16H19F2N3O. The number of nitrogens with zero attached hydrogens (tertiary/aromatic N) is 3. The molecule has 1 aliphatic heterocycles. The summed E-state index contributed by atoms with van der Waals surface area (Å²) in [6.07, 6.45) is -0.956. The van der Waals surface area contributed by atoms with Crippen molar-refractivity contribution >= 4 is 0 Å². The summed E-state index contributed by atoms with van der Waals surface area (Å²) in [5.41, 5.74) is 2.24. The average molecular weight is 307 g/mol. The van der Waals surface area contributed by atoms with Gasteiger partial charge in [-0.15, -0.1) is 0 Å². The van der Waals surface area contributed by atoms with Gasteiger partial charge in [-0.25, -0.2) is 8.78 Å². The molecule has 0 saturated carbocycles. The van der Waals surface area contributed by atoms with Crippen LogP contribution in [0, 0.1) is 25.5 Å². The highest BCUT2D eigenvalue weighted by atomic mass is 19.1. The van der Waals surface area contributed by atoms with Gasteiger partial charge in [-0.3, -0.25) is 9.58 Å². The molecule has 1 atom stereocenters. The summed E-state index contributed by atoms with van der Waals surface area (Å²) in [6, 6.07) is 5.59. The third-order valence-electron chi connectivity index (χ3n) is 4.08. The Labute approximate surface area is 128 Å². The van der Waals surface area contributed by atoms with Gasteiger partial charge in [0.15, 0.2) is 0 Å². The van der Waals surface area contributed by atoms with Crippen LogP contribution in [0.5, 0.6) is 0 Å². The largest absolute Gasteiger partial charge is 0.387 e. The van der Waals surface area contributed by atoms with E-state index < -0.39 is 17.7 Å². The lowest BCUT2D eigenvalue weighted by Crippen LogP contribution is -2.49. The number of aromatic nitrogens is 2. The molecule has 1 aromatic carbocycles. The number of aliphatic hydroxyl groups is 1. The predicted molar refractivity (Wildman–Crippen MR) is 78.5 cm³/mol. The van der Waals surface area contributed by atoms with E-state index in [-0.39, 0.29) is 5.56 Å². The third-order valence-corrected chi connectivity index (χ3v) is 4.08. The summed E-state index contributed by atoms with van der Waals surface area (Å²) >= 11 is 0. The molecule has 1 N–H and O–H groups in total. The number of benzene rings is 1. The Morgan fingerprint density at radius 3 is 2.59 bits per heavy atom. The van der Waals surface area contributed by atoms with E-state index in [4.69, 9.17) is 0 Å². The van der Waals surface area contributed by atoms with Crippen LogP contribution in [0.1, 0.15) is 29.1 Å². The minimum Gasteiger partial charge on any atom is -0.387 e. The van der Waals surface area contributed by atoms with Crippen LogP contribution in [0.25, 0.3) is 0 Å². The molecule has 2 aromatic rings. The fourth-order valence-corrected chi connectivity index (χ4v) is 2.98. The van der Waals surface area contributed by atoms with Crippen LogP contribution in [0.4, 0.5) is 8.78 Å². The van der Waals surface area contributed by atoms with E-state index in [2.05, 4.69) is 5.10 Å². The normalized spacial score (nSPS) is 17.5. The van der Waals surface area contributed by atoms with E-state index in [1.807, 2.05) is 29.5 Å². The number of hydrogen-bond acceptors (Lipinski definition) is 3. The Morgan fingerprint density at radius 2 is 2.00 bits per heavy atom. The summed E-state index contributed by atoms with van der Waals surface area (Å²) in [7, 11) is 0. The summed E-state index contributed by atoms with van der Waals surface area (Å²) in [5.74, 6) is -1.34. The molecule has 4 nitrogen and oxygen atoms in total.